The first-order valence-corrected chi connectivity index (χ1v) is 6.27. The number of hydrogen-bond donors (Lipinski definition) is 1. The second kappa shape index (κ2) is 7.49. The van der Waals surface area contributed by atoms with Gasteiger partial charge in [-0.25, -0.2) is 0 Å². The standard InChI is InChI=1S/C12H25N3O/c1-4-7-14-12(13-2)15(3)8-9-16-10-11-5-6-11/h11H,4-10H2,1-3H3,(H,13,14). The number of aliphatic imine (C=N–C) groups is 1. The molecule has 0 unspecified atom stereocenters. The lowest BCUT2D eigenvalue weighted by atomic mass is 10.4. The van der Waals surface area contributed by atoms with Gasteiger partial charge >= 0.3 is 0 Å². The van der Waals surface area contributed by atoms with E-state index in [-0.39, 0.29) is 0 Å². The van der Waals surface area contributed by atoms with E-state index in [4.69, 9.17) is 4.74 Å². The van der Waals surface area contributed by atoms with Crippen LogP contribution in [0, 0.1) is 5.92 Å². The molecule has 0 amide bonds. The normalized spacial score (nSPS) is 16.3. The maximum absolute atomic E-state index is 5.60. The summed E-state index contributed by atoms with van der Waals surface area (Å²) in [5.41, 5.74) is 0. The van der Waals surface area contributed by atoms with E-state index in [1.54, 1.807) is 0 Å². The van der Waals surface area contributed by atoms with Crippen molar-refractivity contribution in [1.29, 1.82) is 0 Å². The van der Waals surface area contributed by atoms with E-state index in [0.717, 1.165) is 44.6 Å². The van der Waals surface area contributed by atoms with Gasteiger partial charge in [-0.05, 0) is 25.2 Å². The lowest BCUT2D eigenvalue weighted by Crippen LogP contribution is -2.40. The fraction of sp³-hybridized carbons (Fsp3) is 0.917. The van der Waals surface area contributed by atoms with E-state index in [1.165, 1.54) is 12.8 Å². The van der Waals surface area contributed by atoms with Gasteiger partial charge in [0.15, 0.2) is 5.96 Å². The minimum Gasteiger partial charge on any atom is -0.379 e. The summed E-state index contributed by atoms with van der Waals surface area (Å²) in [4.78, 5) is 6.34. The van der Waals surface area contributed by atoms with Gasteiger partial charge in [0.1, 0.15) is 0 Å². The van der Waals surface area contributed by atoms with Crippen LogP contribution in [0.4, 0.5) is 0 Å². The highest BCUT2D eigenvalue weighted by Gasteiger charge is 2.21. The molecule has 1 saturated carbocycles. The van der Waals surface area contributed by atoms with Gasteiger partial charge in [0, 0.05) is 33.8 Å². The summed E-state index contributed by atoms with van der Waals surface area (Å²) in [5.74, 6) is 1.81. The van der Waals surface area contributed by atoms with Crippen molar-refractivity contribution in [2.24, 2.45) is 10.9 Å². The summed E-state index contributed by atoms with van der Waals surface area (Å²) >= 11 is 0. The molecular weight excluding hydrogens is 202 g/mol. The van der Waals surface area contributed by atoms with Crippen molar-refractivity contribution in [1.82, 2.24) is 10.2 Å². The Hall–Kier alpha value is -0.770. The van der Waals surface area contributed by atoms with Crippen molar-refractivity contribution >= 4 is 5.96 Å². The summed E-state index contributed by atoms with van der Waals surface area (Å²) in [6.07, 6.45) is 3.83. The predicted octanol–water partition coefficient (Wildman–Crippen LogP) is 1.33. The van der Waals surface area contributed by atoms with Gasteiger partial charge in [-0.1, -0.05) is 6.92 Å². The van der Waals surface area contributed by atoms with Crippen molar-refractivity contribution < 1.29 is 4.74 Å². The van der Waals surface area contributed by atoms with Crippen molar-refractivity contribution in [3.63, 3.8) is 0 Å². The molecule has 1 fully saturated rings. The second-order valence-corrected chi connectivity index (χ2v) is 4.41. The van der Waals surface area contributed by atoms with Gasteiger partial charge in [0.25, 0.3) is 0 Å². The first-order chi connectivity index (χ1) is 7.77. The third kappa shape index (κ3) is 5.35. The third-order valence-corrected chi connectivity index (χ3v) is 2.73. The first-order valence-electron chi connectivity index (χ1n) is 6.27. The number of nitrogens with one attached hydrogen (secondary N) is 1. The number of hydrogen-bond acceptors (Lipinski definition) is 2. The van der Waals surface area contributed by atoms with Crippen LogP contribution in [0.15, 0.2) is 4.99 Å². The molecule has 0 saturated heterocycles. The zero-order valence-electron chi connectivity index (χ0n) is 10.8. The monoisotopic (exact) mass is 227 g/mol. The molecule has 0 aromatic heterocycles. The Kier molecular flexibility index (Phi) is 6.23. The highest BCUT2D eigenvalue weighted by atomic mass is 16.5. The number of ether oxygens (including phenoxy) is 1. The van der Waals surface area contributed by atoms with E-state index in [0.29, 0.717) is 0 Å². The van der Waals surface area contributed by atoms with Crippen LogP contribution in [-0.2, 0) is 4.74 Å². The van der Waals surface area contributed by atoms with E-state index >= 15 is 0 Å². The molecule has 0 atom stereocenters. The molecule has 1 aliphatic carbocycles. The van der Waals surface area contributed by atoms with Gasteiger partial charge in [0.2, 0.25) is 0 Å². The van der Waals surface area contributed by atoms with Crippen LogP contribution >= 0.6 is 0 Å². The molecule has 0 aliphatic heterocycles. The van der Waals surface area contributed by atoms with Crippen LogP contribution in [-0.4, -0.2) is 51.3 Å². The molecule has 94 valence electrons. The maximum Gasteiger partial charge on any atom is 0.193 e. The third-order valence-electron chi connectivity index (χ3n) is 2.73. The average Bonchev–Trinajstić information content (AvgIpc) is 3.09. The van der Waals surface area contributed by atoms with Crippen LogP contribution in [0.3, 0.4) is 0 Å². The summed E-state index contributed by atoms with van der Waals surface area (Å²) in [7, 11) is 3.87. The fourth-order valence-corrected chi connectivity index (χ4v) is 1.46. The molecule has 0 radical (unpaired) electrons. The molecule has 1 N–H and O–H groups in total. The van der Waals surface area contributed by atoms with Crippen LogP contribution < -0.4 is 5.32 Å². The fourth-order valence-electron chi connectivity index (χ4n) is 1.46. The zero-order chi connectivity index (χ0) is 11.8. The zero-order valence-corrected chi connectivity index (χ0v) is 10.8. The molecule has 16 heavy (non-hydrogen) atoms. The molecular formula is C12H25N3O. The van der Waals surface area contributed by atoms with Gasteiger partial charge in [-0.2, -0.15) is 0 Å². The highest BCUT2D eigenvalue weighted by Crippen LogP contribution is 2.28. The number of rotatable bonds is 7. The number of guanidine groups is 1. The van der Waals surface area contributed by atoms with Crippen LogP contribution in [0.25, 0.3) is 0 Å². The Morgan fingerprint density at radius 2 is 2.25 bits per heavy atom. The Labute approximate surface area is 99.1 Å². The summed E-state index contributed by atoms with van der Waals surface area (Å²) in [6.45, 7) is 5.75. The van der Waals surface area contributed by atoms with Gasteiger partial charge in [0.05, 0.1) is 6.61 Å². The molecule has 0 bridgehead atoms. The van der Waals surface area contributed by atoms with Crippen LogP contribution in [0.1, 0.15) is 26.2 Å². The minimum absolute atomic E-state index is 0.791. The maximum atomic E-state index is 5.60. The van der Waals surface area contributed by atoms with E-state index in [1.807, 2.05) is 14.1 Å². The van der Waals surface area contributed by atoms with Gasteiger partial charge in [-0.3, -0.25) is 4.99 Å². The van der Waals surface area contributed by atoms with Crippen molar-refractivity contribution in [2.75, 3.05) is 40.4 Å². The Morgan fingerprint density at radius 3 is 2.81 bits per heavy atom. The molecule has 1 aliphatic rings. The Balaban J connectivity index is 2.07. The van der Waals surface area contributed by atoms with E-state index in [2.05, 4.69) is 22.1 Å². The number of likely N-dealkylation sites (N-methyl/N-ethyl adjacent to an activating group) is 1. The van der Waals surface area contributed by atoms with Crippen molar-refractivity contribution in [3.05, 3.63) is 0 Å². The molecule has 0 aromatic rings. The second-order valence-electron chi connectivity index (χ2n) is 4.41. The topological polar surface area (TPSA) is 36.9 Å². The first kappa shape index (κ1) is 13.3. The van der Waals surface area contributed by atoms with Gasteiger partial charge in [-0.15, -0.1) is 0 Å². The summed E-state index contributed by atoms with van der Waals surface area (Å²) in [6, 6.07) is 0. The molecule has 1 rings (SSSR count). The number of nitrogens with zero attached hydrogens (tertiary/aromatic N) is 2. The van der Waals surface area contributed by atoms with Crippen molar-refractivity contribution in [3.8, 4) is 0 Å². The Bertz CT molecular complexity index is 214. The lowest BCUT2D eigenvalue weighted by Gasteiger charge is -2.21. The van der Waals surface area contributed by atoms with Gasteiger partial charge < -0.3 is 15.0 Å². The molecule has 0 aromatic carbocycles. The van der Waals surface area contributed by atoms with E-state index < -0.39 is 0 Å². The summed E-state index contributed by atoms with van der Waals surface area (Å²) < 4.78 is 5.60. The van der Waals surface area contributed by atoms with E-state index in [9.17, 15) is 0 Å². The molecule has 4 nitrogen and oxygen atoms in total. The molecule has 0 heterocycles. The van der Waals surface area contributed by atoms with Crippen LogP contribution in [0.5, 0.6) is 0 Å². The minimum atomic E-state index is 0.791. The highest BCUT2D eigenvalue weighted by molar-refractivity contribution is 5.79. The van der Waals surface area contributed by atoms with Crippen molar-refractivity contribution in [2.45, 2.75) is 26.2 Å². The smallest absolute Gasteiger partial charge is 0.193 e. The van der Waals surface area contributed by atoms with Crippen LogP contribution in [0.2, 0.25) is 0 Å². The Morgan fingerprint density at radius 1 is 1.50 bits per heavy atom. The predicted molar refractivity (Wildman–Crippen MR) is 67.8 cm³/mol. The lowest BCUT2D eigenvalue weighted by molar-refractivity contribution is 0.115. The molecule has 4 heteroatoms. The largest absolute Gasteiger partial charge is 0.379 e. The SMILES string of the molecule is CCCNC(=NC)N(C)CCOCC1CC1. The average molecular weight is 227 g/mol. The quantitative estimate of drug-likeness (QED) is 0.405. The summed E-state index contributed by atoms with van der Waals surface area (Å²) in [5, 5.41) is 3.30. The molecule has 0 spiro atoms.